The van der Waals surface area contributed by atoms with Gasteiger partial charge in [0.25, 0.3) is 17.7 Å². The molecule has 0 fully saturated rings. The van der Waals surface area contributed by atoms with Crippen LogP contribution in [0.5, 0.6) is 0 Å². The van der Waals surface area contributed by atoms with E-state index in [0.29, 0.717) is 6.54 Å². The molecule has 0 saturated carbocycles. The number of rotatable bonds is 7. The highest BCUT2D eigenvalue weighted by molar-refractivity contribution is 6.22. The quantitative estimate of drug-likeness (QED) is 0.506. The molecule has 0 spiro atoms. The van der Waals surface area contributed by atoms with Crippen LogP contribution in [0.2, 0.25) is 0 Å². The van der Waals surface area contributed by atoms with Gasteiger partial charge in [0.2, 0.25) is 0 Å². The predicted octanol–water partition coefficient (Wildman–Crippen LogP) is 2.74. The maximum Gasteiger partial charge on any atom is 0.329 e. The van der Waals surface area contributed by atoms with Crippen molar-refractivity contribution in [3.05, 3.63) is 70.3 Å². The van der Waals surface area contributed by atoms with Gasteiger partial charge in [-0.15, -0.1) is 0 Å². The number of benzene rings is 2. The average Bonchev–Trinajstić information content (AvgIpc) is 3.01. The Bertz CT molecular complexity index is 1030. The van der Waals surface area contributed by atoms with Crippen LogP contribution in [-0.2, 0) is 27.3 Å². The van der Waals surface area contributed by atoms with E-state index in [1.165, 1.54) is 17.4 Å². The largest absolute Gasteiger partial charge is 0.454 e. The second-order valence-electron chi connectivity index (χ2n) is 7.73. The van der Waals surface area contributed by atoms with E-state index >= 15 is 0 Å². The number of hydrogen-bond donors (Lipinski definition) is 0. The van der Waals surface area contributed by atoms with Crippen molar-refractivity contribution in [3.63, 3.8) is 0 Å². The Balaban J connectivity index is 1.56. The molecule has 1 aliphatic rings. The summed E-state index contributed by atoms with van der Waals surface area (Å²) in [5.41, 5.74) is 3.56. The van der Waals surface area contributed by atoms with E-state index in [1.54, 1.807) is 25.2 Å². The summed E-state index contributed by atoms with van der Waals surface area (Å²) in [6, 6.07) is 11.8. The van der Waals surface area contributed by atoms with Crippen molar-refractivity contribution in [1.29, 1.82) is 0 Å². The minimum absolute atomic E-state index is 0.264. The molecule has 1 atom stereocenters. The summed E-state index contributed by atoms with van der Waals surface area (Å²) in [7, 11) is 1.62. The van der Waals surface area contributed by atoms with Crippen molar-refractivity contribution in [2.75, 3.05) is 13.7 Å². The molecule has 0 aromatic heterocycles. The standard InChI is InChI=1S/C24H26N2O5/c1-5-17-7-9-18(10-8-17)13-25(4)21(27)14-31-24(30)16(3)26-22(28)19-11-6-15(2)12-20(19)23(26)29/h6-12,16H,5,13-14H2,1-4H3. The summed E-state index contributed by atoms with van der Waals surface area (Å²) < 4.78 is 5.12. The van der Waals surface area contributed by atoms with E-state index in [9.17, 15) is 19.2 Å². The summed E-state index contributed by atoms with van der Waals surface area (Å²) in [5.74, 6) is -2.26. The van der Waals surface area contributed by atoms with Crippen LogP contribution in [0.3, 0.4) is 0 Å². The van der Waals surface area contributed by atoms with Gasteiger partial charge >= 0.3 is 5.97 Å². The molecule has 1 unspecified atom stereocenters. The molecule has 3 rings (SSSR count). The zero-order valence-corrected chi connectivity index (χ0v) is 18.2. The maximum atomic E-state index is 12.6. The first-order valence-electron chi connectivity index (χ1n) is 10.2. The van der Waals surface area contributed by atoms with E-state index in [0.717, 1.165) is 22.4 Å². The van der Waals surface area contributed by atoms with Gasteiger partial charge in [-0.3, -0.25) is 19.3 Å². The lowest BCUT2D eigenvalue weighted by molar-refractivity contribution is -0.154. The number of imide groups is 1. The molecular formula is C24H26N2O5. The number of esters is 1. The fourth-order valence-electron chi connectivity index (χ4n) is 3.44. The van der Waals surface area contributed by atoms with Gasteiger partial charge in [-0.05, 0) is 43.5 Å². The molecule has 1 aliphatic heterocycles. The number of carbonyl (C=O) groups is 4. The molecule has 0 saturated heterocycles. The van der Waals surface area contributed by atoms with Crippen LogP contribution in [0.1, 0.15) is 51.3 Å². The summed E-state index contributed by atoms with van der Waals surface area (Å²) in [4.78, 5) is 52.4. The van der Waals surface area contributed by atoms with E-state index in [-0.39, 0.29) is 17.0 Å². The normalized spacial score (nSPS) is 13.7. The van der Waals surface area contributed by atoms with Crippen molar-refractivity contribution >= 4 is 23.7 Å². The fourth-order valence-corrected chi connectivity index (χ4v) is 3.44. The van der Waals surface area contributed by atoms with Crippen molar-refractivity contribution in [2.45, 2.75) is 39.8 Å². The Morgan fingerprint density at radius 2 is 1.61 bits per heavy atom. The van der Waals surface area contributed by atoms with Crippen molar-refractivity contribution in [3.8, 4) is 0 Å². The third kappa shape index (κ3) is 4.66. The number of hydrogen-bond acceptors (Lipinski definition) is 5. The highest BCUT2D eigenvalue weighted by atomic mass is 16.5. The molecule has 7 heteroatoms. The van der Waals surface area contributed by atoms with E-state index in [4.69, 9.17) is 4.74 Å². The van der Waals surface area contributed by atoms with Crippen LogP contribution in [0, 0.1) is 6.92 Å². The highest BCUT2D eigenvalue weighted by Gasteiger charge is 2.41. The summed E-state index contributed by atoms with van der Waals surface area (Å²) in [5, 5.41) is 0. The van der Waals surface area contributed by atoms with Crippen molar-refractivity contribution < 1.29 is 23.9 Å². The summed E-state index contributed by atoms with van der Waals surface area (Å²) in [6.45, 7) is 5.23. The zero-order valence-electron chi connectivity index (χ0n) is 18.2. The Labute approximate surface area is 181 Å². The maximum absolute atomic E-state index is 12.6. The van der Waals surface area contributed by atoms with Crippen molar-refractivity contribution in [1.82, 2.24) is 9.80 Å². The number of aryl methyl sites for hydroxylation is 2. The molecule has 2 aromatic rings. The number of fused-ring (bicyclic) bond motifs is 1. The van der Waals surface area contributed by atoms with Crippen LogP contribution >= 0.6 is 0 Å². The Kier molecular flexibility index (Phi) is 6.53. The molecule has 2 aromatic carbocycles. The molecule has 0 N–H and O–H groups in total. The summed E-state index contributed by atoms with van der Waals surface area (Å²) in [6.07, 6.45) is 0.940. The molecule has 0 radical (unpaired) electrons. The van der Waals surface area contributed by atoms with Crippen LogP contribution < -0.4 is 0 Å². The van der Waals surface area contributed by atoms with Gasteiger partial charge in [-0.25, -0.2) is 4.79 Å². The minimum atomic E-state index is -1.13. The monoisotopic (exact) mass is 422 g/mol. The van der Waals surface area contributed by atoms with Crippen LogP contribution in [-0.4, -0.2) is 53.2 Å². The molecular weight excluding hydrogens is 396 g/mol. The Hall–Kier alpha value is -3.48. The third-order valence-corrected chi connectivity index (χ3v) is 5.42. The fraction of sp³-hybridized carbons (Fsp3) is 0.333. The van der Waals surface area contributed by atoms with E-state index < -0.39 is 30.4 Å². The van der Waals surface area contributed by atoms with Gasteiger partial charge in [0.1, 0.15) is 6.04 Å². The van der Waals surface area contributed by atoms with Gasteiger partial charge < -0.3 is 9.64 Å². The van der Waals surface area contributed by atoms with E-state index in [2.05, 4.69) is 6.92 Å². The first-order valence-corrected chi connectivity index (χ1v) is 10.2. The zero-order chi connectivity index (χ0) is 22.7. The number of likely N-dealkylation sites (N-methyl/N-ethyl adjacent to an activating group) is 1. The van der Waals surface area contributed by atoms with Gasteiger partial charge in [0.05, 0.1) is 11.1 Å². The number of amides is 3. The highest BCUT2D eigenvalue weighted by Crippen LogP contribution is 2.26. The molecule has 3 amide bonds. The average molecular weight is 422 g/mol. The molecule has 0 aliphatic carbocycles. The second-order valence-corrected chi connectivity index (χ2v) is 7.73. The van der Waals surface area contributed by atoms with Crippen molar-refractivity contribution in [2.24, 2.45) is 0 Å². The molecule has 1 heterocycles. The number of ether oxygens (including phenoxy) is 1. The topological polar surface area (TPSA) is 84.0 Å². The van der Waals surface area contributed by atoms with Crippen LogP contribution in [0.25, 0.3) is 0 Å². The van der Waals surface area contributed by atoms with Gasteiger partial charge in [0.15, 0.2) is 6.61 Å². The van der Waals surface area contributed by atoms with Crippen LogP contribution in [0.15, 0.2) is 42.5 Å². The number of carbonyl (C=O) groups excluding carboxylic acids is 4. The van der Waals surface area contributed by atoms with Gasteiger partial charge in [0, 0.05) is 13.6 Å². The third-order valence-electron chi connectivity index (χ3n) is 5.42. The lowest BCUT2D eigenvalue weighted by atomic mass is 10.1. The predicted molar refractivity (Wildman–Crippen MR) is 114 cm³/mol. The summed E-state index contributed by atoms with van der Waals surface area (Å²) >= 11 is 0. The molecule has 162 valence electrons. The first kappa shape index (κ1) is 22.2. The SMILES string of the molecule is CCc1ccc(CN(C)C(=O)COC(=O)C(C)N2C(=O)c3ccc(C)cc3C2=O)cc1. The van der Waals surface area contributed by atoms with Gasteiger partial charge in [-0.1, -0.05) is 42.8 Å². The van der Waals surface area contributed by atoms with Crippen LogP contribution in [0.4, 0.5) is 0 Å². The molecule has 0 bridgehead atoms. The Morgan fingerprint density at radius 1 is 1.00 bits per heavy atom. The minimum Gasteiger partial charge on any atom is -0.454 e. The Morgan fingerprint density at radius 3 is 2.26 bits per heavy atom. The number of nitrogens with zero attached hydrogens (tertiary/aromatic N) is 2. The smallest absolute Gasteiger partial charge is 0.329 e. The molecule has 7 nitrogen and oxygen atoms in total. The first-order chi connectivity index (χ1) is 14.7. The second kappa shape index (κ2) is 9.12. The molecule has 31 heavy (non-hydrogen) atoms. The van der Waals surface area contributed by atoms with E-state index in [1.807, 2.05) is 31.2 Å². The lowest BCUT2D eigenvalue weighted by Gasteiger charge is -2.22. The van der Waals surface area contributed by atoms with Gasteiger partial charge in [-0.2, -0.15) is 0 Å². The lowest BCUT2D eigenvalue weighted by Crippen LogP contribution is -2.44.